The summed E-state index contributed by atoms with van der Waals surface area (Å²) in [6.45, 7) is 2.28. The zero-order valence-electron chi connectivity index (χ0n) is 16.0. The molecule has 0 saturated carbocycles. The molecule has 1 amide bonds. The number of aromatic amines is 1. The fourth-order valence-corrected chi connectivity index (χ4v) is 3.54. The Morgan fingerprint density at radius 3 is 2.66 bits per heavy atom. The molecule has 1 aromatic heterocycles. The summed E-state index contributed by atoms with van der Waals surface area (Å²) in [6.07, 6.45) is 0.0950. The van der Waals surface area contributed by atoms with E-state index < -0.39 is 11.7 Å². The Labute approximate surface area is 167 Å². The monoisotopic (exact) mass is 395 g/mol. The number of likely N-dealkylation sites (tertiary alicyclic amines) is 1. The Bertz CT molecular complexity index is 986. The van der Waals surface area contributed by atoms with Crippen LogP contribution in [0.2, 0.25) is 0 Å². The van der Waals surface area contributed by atoms with Gasteiger partial charge in [-0.05, 0) is 49.4 Å². The number of H-pyrrole nitrogens is 1. The van der Waals surface area contributed by atoms with E-state index in [0.29, 0.717) is 35.7 Å². The number of amides is 1. The smallest absolute Gasteiger partial charge is 0.271 e. The van der Waals surface area contributed by atoms with Crippen LogP contribution in [0.1, 0.15) is 23.8 Å². The second kappa shape index (κ2) is 7.67. The van der Waals surface area contributed by atoms with E-state index in [-0.39, 0.29) is 18.3 Å². The number of halogens is 1. The van der Waals surface area contributed by atoms with Crippen molar-refractivity contribution in [2.75, 3.05) is 13.1 Å². The van der Waals surface area contributed by atoms with Crippen molar-refractivity contribution in [3.63, 3.8) is 0 Å². The number of benzene rings is 2. The highest BCUT2D eigenvalue weighted by Gasteiger charge is 2.41. The molecule has 7 heteroatoms. The number of carbonyl (C=O) groups is 1. The Morgan fingerprint density at radius 2 is 1.97 bits per heavy atom. The maximum absolute atomic E-state index is 13.1. The molecule has 0 unspecified atom stereocenters. The molecule has 2 heterocycles. The topological polar surface area (TPSA) is 78.5 Å². The largest absolute Gasteiger partial charge is 0.487 e. The van der Waals surface area contributed by atoms with Crippen LogP contribution in [0.3, 0.4) is 0 Å². The third-order valence-corrected chi connectivity index (χ3v) is 5.12. The van der Waals surface area contributed by atoms with Crippen molar-refractivity contribution in [3.8, 4) is 17.0 Å². The van der Waals surface area contributed by atoms with Gasteiger partial charge in [-0.2, -0.15) is 5.10 Å². The molecule has 1 aliphatic heterocycles. The number of ether oxygens (including phenoxy) is 1. The standard InChI is InChI=1S/C22H22FN3O3/c1-22(28)14-26(12-11-20(22)29-17-5-3-2-4-6-17)21(27)19-13-18(24-25-19)15-7-9-16(23)10-8-15/h2-10,13,20,28H,11-12,14H2,1H3,(H,24,25)/t20-,22-/m0/s1. The maximum Gasteiger partial charge on any atom is 0.271 e. The predicted octanol–water partition coefficient (Wildman–Crippen LogP) is 3.26. The summed E-state index contributed by atoms with van der Waals surface area (Å²) < 4.78 is 19.0. The van der Waals surface area contributed by atoms with Crippen LogP contribution in [0.5, 0.6) is 5.75 Å². The SMILES string of the molecule is C[C@]1(O)CN(C(=O)c2cc(-c3ccc(F)cc3)n[nH]2)CC[C@@H]1Oc1ccccc1. The number of aliphatic hydroxyl groups is 1. The Kier molecular flexibility index (Phi) is 5.07. The minimum absolute atomic E-state index is 0.147. The number of hydrogen-bond donors (Lipinski definition) is 2. The van der Waals surface area contributed by atoms with Crippen molar-refractivity contribution < 1.29 is 19.0 Å². The molecule has 2 aromatic carbocycles. The number of nitrogens with zero attached hydrogens (tertiary/aromatic N) is 2. The number of β-amino-alcohol motifs (C(OH)–C–C–N with tert-alkyl or cyclic N) is 1. The van der Waals surface area contributed by atoms with Crippen LogP contribution in [0, 0.1) is 5.82 Å². The lowest BCUT2D eigenvalue weighted by Gasteiger charge is -2.42. The summed E-state index contributed by atoms with van der Waals surface area (Å²) in [7, 11) is 0. The van der Waals surface area contributed by atoms with Crippen molar-refractivity contribution in [3.05, 3.63) is 72.2 Å². The van der Waals surface area contributed by atoms with Crippen molar-refractivity contribution in [1.29, 1.82) is 0 Å². The van der Waals surface area contributed by atoms with Gasteiger partial charge in [0.1, 0.15) is 29.0 Å². The van der Waals surface area contributed by atoms with Gasteiger partial charge in [-0.15, -0.1) is 0 Å². The van der Waals surface area contributed by atoms with Gasteiger partial charge in [-0.1, -0.05) is 18.2 Å². The third-order valence-electron chi connectivity index (χ3n) is 5.12. The minimum Gasteiger partial charge on any atom is -0.487 e. The first-order chi connectivity index (χ1) is 13.9. The van der Waals surface area contributed by atoms with Gasteiger partial charge in [0, 0.05) is 18.5 Å². The Hall–Kier alpha value is -3.19. The lowest BCUT2D eigenvalue weighted by Crippen LogP contribution is -2.58. The molecule has 2 N–H and O–H groups in total. The molecule has 29 heavy (non-hydrogen) atoms. The van der Waals surface area contributed by atoms with Crippen LogP contribution >= 0.6 is 0 Å². The van der Waals surface area contributed by atoms with E-state index in [0.717, 1.165) is 0 Å². The van der Waals surface area contributed by atoms with Gasteiger partial charge in [0.05, 0.1) is 12.2 Å². The molecule has 1 fully saturated rings. The van der Waals surface area contributed by atoms with Crippen LogP contribution in [0.25, 0.3) is 11.3 Å². The fourth-order valence-electron chi connectivity index (χ4n) is 3.54. The highest BCUT2D eigenvalue weighted by atomic mass is 19.1. The van der Waals surface area contributed by atoms with Crippen LogP contribution < -0.4 is 4.74 Å². The lowest BCUT2D eigenvalue weighted by molar-refractivity contribution is -0.0900. The van der Waals surface area contributed by atoms with E-state index >= 15 is 0 Å². The van der Waals surface area contributed by atoms with Crippen molar-refractivity contribution in [2.24, 2.45) is 0 Å². The van der Waals surface area contributed by atoms with Gasteiger partial charge in [0.2, 0.25) is 0 Å². The van der Waals surface area contributed by atoms with E-state index in [1.165, 1.54) is 12.1 Å². The number of nitrogens with one attached hydrogen (secondary N) is 1. The molecule has 2 atom stereocenters. The molecule has 4 rings (SSSR count). The molecule has 0 aliphatic carbocycles. The summed E-state index contributed by atoms with van der Waals surface area (Å²) >= 11 is 0. The Morgan fingerprint density at radius 1 is 1.24 bits per heavy atom. The average molecular weight is 395 g/mol. The molecular weight excluding hydrogens is 373 g/mol. The van der Waals surface area contributed by atoms with Crippen LogP contribution in [-0.2, 0) is 0 Å². The molecule has 150 valence electrons. The molecule has 0 radical (unpaired) electrons. The average Bonchev–Trinajstić information content (AvgIpc) is 3.20. The first-order valence-electron chi connectivity index (χ1n) is 9.47. The Balaban J connectivity index is 1.44. The molecule has 6 nitrogen and oxygen atoms in total. The summed E-state index contributed by atoms with van der Waals surface area (Å²) in [6, 6.07) is 16.9. The number of hydrogen-bond acceptors (Lipinski definition) is 4. The number of piperidine rings is 1. The van der Waals surface area contributed by atoms with E-state index in [1.807, 2.05) is 30.3 Å². The molecule has 1 aliphatic rings. The molecular formula is C22H22FN3O3. The molecule has 3 aromatic rings. The van der Waals surface area contributed by atoms with Crippen LogP contribution in [0.4, 0.5) is 4.39 Å². The van der Waals surface area contributed by atoms with Gasteiger partial charge in [0.25, 0.3) is 5.91 Å². The van der Waals surface area contributed by atoms with Crippen LogP contribution in [-0.4, -0.2) is 50.9 Å². The van der Waals surface area contributed by atoms with Crippen molar-refractivity contribution >= 4 is 5.91 Å². The highest BCUT2D eigenvalue weighted by molar-refractivity contribution is 5.93. The second-order valence-electron chi connectivity index (χ2n) is 7.47. The fraction of sp³-hybridized carbons (Fsp3) is 0.273. The van der Waals surface area contributed by atoms with Gasteiger partial charge >= 0.3 is 0 Å². The number of carbonyl (C=O) groups excluding carboxylic acids is 1. The second-order valence-corrected chi connectivity index (χ2v) is 7.47. The van der Waals surface area contributed by atoms with Crippen LogP contribution in [0.15, 0.2) is 60.7 Å². The first kappa shape index (κ1) is 19.1. The van der Waals surface area contributed by atoms with Gasteiger partial charge < -0.3 is 14.7 Å². The first-order valence-corrected chi connectivity index (χ1v) is 9.47. The zero-order valence-corrected chi connectivity index (χ0v) is 16.0. The number of rotatable bonds is 4. The third kappa shape index (κ3) is 4.14. The summed E-state index contributed by atoms with van der Waals surface area (Å²) in [5, 5.41) is 17.8. The van der Waals surface area contributed by atoms with E-state index in [2.05, 4.69) is 10.2 Å². The quantitative estimate of drug-likeness (QED) is 0.711. The predicted molar refractivity (Wildman–Crippen MR) is 106 cm³/mol. The van der Waals surface area contributed by atoms with Gasteiger partial charge in [-0.3, -0.25) is 9.89 Å². The maximum atomic E-state index is 13.1. The van der Waals surface area contributed by atoms with E-state index in [9.17, 15) is 14.3 Å². The highest BCUT2D eigenvalue weighted by Crippen LogP contribution is 2.27. The number of aromatic nitrogens is 2. The molecule has 0 bridgehead atoms. The van der Waals surface area contributed by atoms with E-state index in [1.54, 1.807) is 30.0 Å². The summed E-state index contributed by atoms with van der Waals surface area (Å²) in [4.78, 5) is 14.5. The van der Waals surface area contributed by atoms with Crippen molar-refractivity contribution in [2.45, 2.75) is 25.0 Å². The summed E-state index contributed by atoms with van der Waals surface area (Å²) in [5.74, 6) is 0.114. The van der Waals surface area contributed by atoms with Gasteiger partial charge in [-0.25, -0.2) is 4.39 Å². The molecule has 1 saturated heterocycles. The molecule has 0 spiro atoms. The van der Waals surface area contributed by atoms with Crippen molar-refractivity contribution in [1.82, 2.24) is 15.1 Å². The van der Waals surface area contributed by atoms with Gasteiger partial charge in [0.15, 0.2) is 0 Å². The normalized spacial score (nSPS) is 21.8. The zero-order chi connectivity index (χ0) is 20.4. The van der Waals surface area contributed by atoms with E-state index in [4.69, 9.17) is 4.74 Å². The minimum atomic E-state index is -1.19. The lowest BCUT2D eigenvalue weighted by atomic mass is 9.91. The number of para-hydroxylation sites is 1. The summed E-state index contributed by atoms with van der Waals surface area (Å²) in [5.41, 5.74) is 0.400.